The van der Waals surface area contributed by atoms with E-state index in [0.717, 1.165) is 19.1 Å². The van der Waals surface area contributed by atoms with Gasteiger partial charge in [-0.15, -0.1) is 0 Å². The van der Waals surface area contributed by atoms with Gasteiger partial charge in [0, 0.05) is 6.42 Å². The Balaban J connectivity index is 3.80. The van der Waals surface area contributed by atoms with Gasteiger partial charge in [0.2, 0.25) is 5.91 Å². The molecule has 1 N–H and O–H groups in total. The van der Waals surface area contributed by atoms with Crippen LogP contribution in [0, 0.1) is 5.92 Å². The summed E-state index contributed by atoms with van der Waals surface area (Å²) in [4.78, 5) is 21.7. The van der Waals surface area contributed by atoms with Crippen molar-refractivity contribution in [3.63, 3.8) is 0 Å². The third-order valence-corrected chi connectivity index (χ3v) is 1.95. The summed E-state index contributed by atoms with van der Waals surface area (Å²) in [5.41, 5.74) is 0. The lowest BCUT2D eigenvalue weighted by molar-refractivity contribution is -0.124. The molecule has 0 aliphatic heterocycles. The molecule has 3 heteroatoms. The molecule has 0 fully saturated rings. The Morgan fingerprint density at radius 2 is 2.08 bits per heavy atom. The summed E-state index contributed by atoms with van der Waals surface area (Å²) < 4.78 is 0. The second kappa shape index (κ2) is 6.63. The third-order valence-electron chi connectivity index (χ3n) is 1.95. The first kappa shape index (κ1) is 12.1. The molecule has 0 radical (unpaired) electrons. The molecule has 0 aromatic heterocycles. The fraction of sp³-hybridized carbons (Fsp3) is 0.800. The fourth-order valence-electron chi connectivity index (χ4n) is 0.953. The van der Waals surface area contributed by atoms with E-state index < -0.39 is 0 Å². The molecule has 0 heterocycles. The van der Waals surface area contributed by atoms with Gasteiger partial charge < -0.3 is 10.1 Å². The number of hydrogen-bond donors (Lipinski definition) is 1. The number of nitrogens with one attached hydrogen (secondary N) is 1. The summed E-state index contributed by atoms with van der Waals surface area (Å²) >= 11 is 0. The van der Waals surface area contributed by atoms with E-state index in [1.807, 2.05) is 20.8 Å². The summed E-state index contributed by atoms with van der Waals surface area (Å²) in [5, 5.41) is 2.69. The van der Waals surface area contributed by atoms with Gasteiger partial charge in [-0.3, -0.25) is 4.79 Å². The van der Waals surface area contributed by atoms with Crippen LogP contribution >= 0.6 is 0 Å². The molecule has 0 rings (SSSR count). The van der Waals surface area contributed by atoms with Gasteiger partial charge in [-0.2, -0.15) is 0 Å². The van der Waals surface area contributed by atoms with Gasteiger partial charge in [-0.05, 0) is 12.3 Å². The molecule has 0 bridgehead atoms. The van der Waals surface area contributed by atoms with E-state index >= 15 is 0 Å². The van der Waals surface area contributed by atoms with E-state index in [1.54, 1.807) is 0 Å². The van der Waals surface area contributed by atoms with Crippen LogP contribution in [0.1, 0.15) is 40.0 Å². The number of carbonyl (C=O) groups is 2. The zero-order valence-corrected chi connectivity index (χ0v) is 8.67. The number of carbonyl (C=O) groups excluding carboxylic acids is 2. The normalized spacial score (nSPS) is 12.6. The average Bonchev–Trinajstić information content (AvgIpc) is 2.10. The van der Waals surface area contributed by atoms with Gasteiger partial charge in [0.05, 0.1) is 6.04 Å². The van der Waals surface area contributed by atoms with Crippen LogP contribution in [0.25, 0.3) is 0 Å². The van der Waals surface area contributed by atoms with Crippen molar-refractivity contribution in [3.8, 4) is 0 Å². The van der Waals surface area contributed by atoms with Crippen LogP contribution < -0.4 is 5.32 Å². The quantitative estimate of drug-likeness (QED) is 0.638. The highest BCUT2D eigenvalue weighted by molar-refractivity contribution is 5.79. The van der Waals surface area contributed by atoms with Crippen molar-refractivity contribution in [2.45, 2.75) is 46.1 Å². The zero-order chi connectivity index (χ0) is 10.3. The second-order valence-electron chi connectivity index (χ2n) is 3.58. The van der Waals surface area contributed by atoms with Gasteiger partial charge in [0.25, 0.3) is 0 Å². The second-order valence-corrected chi connectivity index (χ2v) is 3.58. The Kier molecular flexibility index (Phi) is 6.20. The molecule has 3 nitrogen and oxygen atoms in total. The summed E-state index contributed by atoms with van der Waals surface area (Å²) in [7, 11) is 0. The number of hydrogen-bond acceptors (Lipinski definition) is 2. The minimum atomic E-state index is -0.329. The van der Waals surface area contributed by atoms with Crippen LogP contribution in [0.3, 0.4) is 0 Å². The highest BCUT2D eigenvalue weighted by Crippen LogP contribution is 2.00. The van der Waals surface area contributed by atoms with Crippen molar-refractivity contribution in [2.75, 3.05) is 0 Å². The molecule has 0 aliphatic rings. The van der Waals surface area contributed by atoms with E-state index in [-0.39, 0.29) is 17.9 Å². The molecule has 0 aliphatic carbocycles. The smallest absolute Gasteiger partial charge is 0.220 e. The van der Waals surface area contributed by atoms with Crippen molar-refractivity contribution in [3.05, 3.63) is 0 Å². The molecule has 13 heavy (non-hydrogen) atoms. The Morgan fingerprint density at radius 1 is 1.46 bits per heavy atom. The Morgan fingerprint density at radius 3 is 2.46 bits per heavy atom. The Labute approximate surface area is 79.9 Å². The first-order valence-electron chi connectivity index (χ1n) is 4.86. The van der Waals surface area contributed by atoms with Crippen molar-refractivity contribution in [1.82, 2.24) is 5.32 Å². The van der Waals surface area contributed by atoms with Crippen LogP contribution in [0.4, 0.5) is 0 Å². The standard InChI is InChI=1S/C10H19NO2/c1-4-5-6-10(13)11-9(7-12)8(2)3/h7-9H,4-6H2,1-3H3,(H,11,13). The van der Waals surface area contributed by atoms with E-state index in [9.17, 15) is 9.59 Å². The number of amides is 1. The molecule has 1 unspecified atom stereocenters. The van der Waals surface area contributed by atoms with Crippen molar-refractivity contribution in [1.29, 1.82) is 0 Å². The number of rotatable bonds is 6. The molecular formula is C10H19NO2. The number of aldehydes is 1. The fourth-order valence-corrected chi connectivity index (χ4v) is 0.953. The van der Waals surface area contributed by atoms with Gasteiger partial charge >= 0.3 is 0 Å². The van der Waals surface area contributed by atoms with Crippen LogP contribution in [0.5, 0.6) is 0 Å². The molecule has 0 saturated carbocycles. The van der Waals surface area contributed by atoms with E-state index in [0.29, 0.717) is 6.42 Å². The monoisotopic (exact) mass is 185 g/mol. The predicted octanol–water partition coefficient (Wildman–Crippen LogP) is 1.52. The Bertz CT molecular complexity index is 166. The summed E-state index contributed by atoms with van der Waals surface area (Å²) in [6, 6.07) is -0.329. The van der Waals surface area contributed by atoms with Crippen molar-refractivity contribution in [2.24, 2.45) is 5.92 Å². The maximum absolute atomic E-state index is 11.2. The predicted molar refractivity (Wildman–Crippen MR) is 52.4 cm³/mol. The average molecular weight is 185 g/mol. The van der Waals surface area contributed by atoms with Gasteiger partial charge in [-0.25, -0.2) is 0 Å². The third kappa shape index (κ3) is 5.39. The van der Waals surface area contributed by atoms with E-state index in [2.05, 4.69) is 5.32 Å². The lowest BCUT2D eigenvalue weighted by Crippen LogP contribution is -2.39. The summed E-state index contributed by atoms with van der Waals surface area (Å²) in [5.74, 6) is 0.149. The van der Waals surface area contributed by atoms with Crippen molar-refractivity contribution < 1.29 is 9.59 Å². The molecule has 76 valence electrons. The molecule has 1 atom stereocenters. The van der Waals surface area contributed by atoms with E-state index in [1.165, 1.54) is 0 Å². The summed E-state index contributed by atoms with van der Waals surface area (Å²) in [6.07, 6.45) is 3.21. The van der Waals surface area contributed by atoms with Crippen LogP contribution in [-0.4, -0.2) is 18.2 Å². The first-order valence-corrected chi connectivity index (χ1v) is 4.86. The maximum Gasteiger partial charge on any atom is 0.220 e. The topological polar surface area (TPSA) is 46.2 Å². The van der Waals surface area contributed by atoms with Gasteiger partial charge in [-0.1, -0.05) is 27.2 Å². The van der Waals surface area contributed by atoms with Crippen LogP contribution in [0.15, 0.2) is 0 Å². The highest BCUT2D eigenvalue weighted by atomic mass is 16.2. The minimum Gasteiger partial charge on any atom is -0.346 e. The van der Waals surface area contributed by atoms with Crippen LogP contribution in [-0.2, 0) is 9.59 Å². The SMILES string of the molecule is CCCCC(=O)NC(C=O)C(C)C. The van der Waals surface area contributed by atoms with Gasteiger partial charge in [0.15, 0.2) is 0 Å². The number of unbranched alkanes of at least 4 members (excludes halogenated alkanes) is 1. The zero-order valence-electron chi connectivity index (χ0n) is 8.67. The highest BCUT2D eigenvalue weighted by Gasteiger charge is 2.13. The molecule has 0 aromatic carbocycles. The maximum atomic E-state index is 11.2. The van der Waals surface area contributed by atoms with E-state index in [4.69, 9.17) is 0 Å². The first-order chi connectivity index (χ1) is 6.11. The molecule has 0 spiro atoms. The lowest BCUT2D eigenvalue weighted by Gasteiger charge is -2.15. The van der Waals surface area contributed by atoms with Crippen molar-refractivity contribution >= 4 is 12.2 Å². The molecule has 0 saturated heterocycles. The molecule has 1 amide bonds. The van der Waals surface area contributed by atoms with Crippen LogP contribution in [0.2, 0.25) is 0 Å². The summed E-state index contributed by atoms with van der Waals surface area (Å²) in [6.45, 7) is 5.87. The molecular weight excluding hydrogens is 166 g/mol. The molecule has 0 aromatic rings. The largest absolute Gasteiger partial charge is 0.346 e. The van der Waals surface area contributed by atoms with Gasteiger partial charge in [0.1, 0.15) is 6.29 Å². The lowest BCUT2D eigenvalue weighted by atomic mass is 10.1. The Hall–Kier alpha value is -0.860. The minimum absolute atomic E-state index is 0.0207.